The summed E-state index contributed by atoms with van der Waals surface area (Å²) >= 11 is 0. The van der Waals surface area contributed by atoms with Gasteiger partial charge in [-0.25, -0.2) is 4.68 Å². The molecular formula is C18H27ClN4O. The highest BCUT2D eigenvalue weighted by molar-refractivity contribution is 5.85. The first kappa shape index (κ1) is 20.2. The molecule has 0 aliphatic heterocycles. The van der Waals surface area contributed by atoms with Crippen LogP contribution in [-0.4, -0.2) is 40.2 Å². The summed E-state index contributed by atoms with van der Waals surface area (Å²) in [5.41, 5.74) is 7.94. The number of carbonyl (C=O) groups is 1. The smallest absolute Gasteiger partial charge is 0.226 e. The summed E-state index contributed by atoms with van der Waals surface area (Å²) in [5, 5.41) is 4.32. The quantitative estimate of drug-likeness (QED) is 0.835. The van der Waals surface area contributed by atoms with Crippen molar-refractivity contribution in [3.8, 4) is 5.69 Å². The minimum Gasteiger partial charge on any atom is -0.345 e. The average molecular weight is 351 g/mol. The number of likely N-dealkylation sites (N-methyl/N-ethyl adjacent to an activating group) is 1. The first-order valence-electron chi connectivity index (χ1n) is 8.06. The zero-order chi connectivity index (χ0) is 16.8. The van der Waals surface area contributed by atoms with E-state index < -0.39 is 0 Å². The highest BCUT2D eigenvalue weighted by atomic mass is 35.5. The second-order valence-electron chi connectivity index (χ2n) is 6.32. The van der Waals surface area contributed by atoms with Crippen LogP contribution in [0, 0.1) is 5.92 Å². The second kappa shape index (κ2) is 9.45. The van der Waals surface area contributed by atoms with Crippen LogP contribution < -0.4 is 5.73 Å². The first-order chi connectivity index (χ1) is 11.0. The van der Waals surface area contributed by atoms with Crippen molar-refractivity contribution in [2.75, 3.05) is 13.6 Å². The van der Waals surface area contributed by atoms with Gasteiger partial charge in [0.1, 0.15) is 0 Å². The number of carbonyl (C=O) groups excluding carboxylic acids is 1. The lowest BCUT2D eigenvalue weighted by atomic mass is 10.0. The summed E-state index contributed by atoms with van der Waals surface area (Å²) in [4.78, 5) is 14.0. The lowest BCUT2D eigenvalue weighted by molar-refractivity contribution is -0.129. The van der Waals surface area contributed by atoms with Crippen LogP contribution in [0.25, 0.3) is 5.69 Å². The SMILES string of the molecule is CC(C)C(N)CCN(C)C(=O)Cc1cnn(-c2ccccc2)c1.Cl. The molecule has 0 saturated heterocycles. The molecule has 0 spiro atoms. The fourth-order valence-electron chi connectivity index (χ4n) is 2.28. The van der Waals surface area contributed by atoms with Gasteiger partial charge in [-0.1, -0.05) is 32.0 Å². The van der Waals surface area contributed by atoms with E-state index in [1.54, 1.807) is 15.8 Å². The summed E-state index contributed by atoms with van der Waals surface area (Å²) < 4.78 is 1.79. The summed E-state index contributed by atoms with van der Waals surface area (Å²) in [6.45, 7) is 4.89. The molecule has 1 heterocycles. The van der Waals surface area contributed by atoms with E-state index in [2.05, 4.69) is 18.9 Å². The van der Waals surface area contributed by atoms with E-state index in [4.69, 9.17) is 5.73 Å². The van der Waals surface area contributed by atoms with Gasteiger partial charge in [0.2, 0.25) is 5.91 Å². The molecule has 5 nitrogen and oxygen atoms in total. The lowest BCUT2D eigenvalue weighted by Crippen LogP contribution is -2.35. The molecule has 1 aromatic carbocycles. The van der Waals surface area contributed by atoms with Crippen LogP contribution in [0.1, 0.15) is 25.8 Å². The zero-order valence-corrected chi connectivity index (χ0v) is 15.4. The van der Waals surface area contributed by atoms with E-state index in [0.717, 1.165) is 17.7 Å². The summed E-state index contributed by atoms with van der Waals surface area (Å²) in [6, 6.07) is 10.00. The minimum absolute atomic E-state index is 0. The molecule has 2 rings (SSSR count). The van der Waals surface area contributed by atoms with Gasteiger partial charge in [-0.15, -0.1) is 12.4 Å². The molecule has 1 aromatic heterocycles. The summed E-state index contributed by atoms with van der Waals surface area (Å²) in [5.74, 6) is 0.524. The maximum atomic E-state index is 12.3. The van der Waals surface area contributed by atoms with Crippen molar-refractivity contribution in [3.63, 3.8) is 0 Å². The Hall–Kier alpha value is -1.85. The van der Waals surface area contributed by atoms with Crippen molar-refractivity contribution in [1.82, 2.24) is 14.7 Å². The van der Waals surface area contributed by atoms with Gasteiger partial charge in [-0.3, -0.25) is 4.79 Å². The molecule has 24 heavy (non-hydrogen) atoms. The topological polar surface area (TPSA) is 64.2 Å². The molecule has 0 aliphatic rings. The van der Waals surface area contributed by atoms with Crippen molar-refractivity contribution < 1.29 is 4.79 Å². The number of hydrogen-bond donors (Lipinski definition) is 1. The number of halogens is 1. The number of nitrogens with zero attached hydrogens (tertiary/aromatic N) is 3. The molecule has 0 radical (unpaired) electrons. The summed E-state index contributed by atoms with van der Waals surface area (Å²) in [6.07, 6.45) is 4.84. The Morgan fingerprint density at radius 2 is 1.96 bits per heavy atom. The van der Waals surface area contributed by atoms with E-state index in [1.807, 2.05) is 43.6 Å². The predicted octanol–water partition coefficient (Wildman–Crippen LogP) is 2.67. The van der Waals surface area contributed by atoms with Gasteiger partial charge in [0, 0.05) is 25.8 Å². The van der Waals surface area contributed by atoms with Gasteiger partial charge in [-0.05, 0) is 30.0 Å². The molecule has 6 heteroatoms. The monoisotopic (exact) mass is 350 g/mol. The van der Waals surface area contributed by atoms with Gasteiger partial charge in [0.25, 0.3) is 0 Å². The zero-order valence-electron chi connectivity index (χ0n) is 14.6. The molecular weight excluding hydrogens is 324 g/mol. The fraction of sp³-hybridized carbons (Fsp3) is 0.444. The molecule has 0 aliphatic carbocycles. The molecule has 1 amide bonds. The number of hydrogen-bond acceptors (Lipinski definition) is 3. The molecule has 0 saturated carbocycles. The van der Waals surface area contributed by atoms with Crippen molar-refractivity contribution in [3.05, 3.63) is 48.3 Å². The van der Waals surface area contributed by atoms with E-state index in [9.17, 15) is 4.79 Å². The van der Waals surface area contributed by atoms with Crippen LogP contribution in [0.2, 0.25) is 0 Å². The molecule has 0 bridgehead atoms. The Kier molecular flexibility index (Phi) is 7.95. The maximum Gasteiger partial charge on any atom is 0.226 e. The van der Waals surface area contributed by atoms with Gasteiger partial charge >= 0.3 is 0 Å². The van der Waals surface area contributed by atoms with Crippen LogP contribution in [0.3, 0.4) is 0 Å². The number of benzene rings is 1. The van der Waals surface area contributed by atoms with Crippen LogP contribution in [0.4, 0.5) is 0 Å². The Bertz CT molecular complexity index is 627. The maximum absolute atomic E-state index is 12.3. The number of aromatic nitrogens is 2. The van der Waals surface area contributed by atoms with Crippen molar-refractivity contribution >= 4 is 18.3 Å². The Morgan fingerprint density at radius 1 is 1.29 bits per heavy atom. The summed E-state index contributed by atoms with van der Waals surface area (Å²) in [7, 11) is 1.83. The van der Waals surface area contributed by atoms with E-state index in [1.165, 1.54) is 0 Å². The normalized spacial score (nSPS) is 11.9. The van der Waals surface area contributed by atoms with Crippen LogP contribution in [0.5, 0.6) is 0 Å². The number of nitrogens with two attached hydrogens (primary N) is 1. The largest absolute Gasteiger partial charge is 0.345 e. The number of para-hydroxylation sites is 1. The highest BCUT2D eigenvalue weighted by Crippen LogP contribution is 2.09. The molecule has 2 aromatic rings. The number of rotatable bonds is 7. The Balaban J connectivity index is 0.00000288. The third-order valence-electron chi connectivity index (χ3n) is 4.09. The molecule has 1 unspecified atom stereocenters. The van der Waals surface area contributed by atoms with Gasteiger partial charge < -0.3 is 10.6 Å². The van der Waals surface area contributed by atoms with E-state index in [0.29, 0.717) is 18.9 Å². The second-order valence-corrected chi connectivity index (χ2v) is 6.32. The fourth-order valence-corrected chi connectivity index (χ4v) is 2.28. The Morgan fingerprint density at radius 3 is 2.58 bits per heavy atom. The van der Waals surface area contributed by atoms with Crippen LogP contribution in [-0.2, 0) is 11.2 Å². The van der Waals surface area contributed by atoms with Crippen molar-refractivity contribution in [2.45, 2.75) is 32.7 Å². The molecule has 0 fully saturated rings. The minimum atomic E-state index is 0. The van der Waals surface area contributed by atoms with Crippen LogP contribution in [0.15, 0.2) is 42.7 Å². The third kappa shape index (κ3) is 5.65. The van der Waals surface area contributed by atoms with Crippen LogP contribution >= 0.6 is 12.4 Å². The average Bonchev–Trinajstić information content (AvgIpc) is 3.01. The Labute approximate surface area is 150 Å². The standard InChI is InChI=1S/C18H26N4O.ClH/c1-14(2)17(19)9-10-21(3)18(23)11-15-12-20-22(13-15)16-7-5-4-6-8-16;/h4-8,12-14,17H,9-11,19H2,1-3H3;1H. The van der Waals surface area contributed by atoms with E-state index in [-0.39, 0.29) is 24.4 Å². The van der Waals surface area contributed by atoms with Gasteiger partial charge in [0.15, 0.2) is 0 Å². The van der Waals surface area contributed by atoms with Crippen molar-refractivity contribution in [1.29, 1.82) is 0 Å². The van der Waals surface area contributed by atoms with Gasteiger partial charge in [0.05, 0.1) is 18.3 Å². The molecule has 132 valence electrons. The molecule has 2 N–H and O–H groups in total. The van der Waals surface area contributed by atoms with Crippen molar-refractivity contribution in [2.24, 2.45) is 11.7 Å². The predicted molar refractivity (Wildman–Crippen MR) is 99.6 cm³/mol. The third-order valence-corrected chi connectivity index (χ3v) is 4.09. The van der Waals surface area contributed by atoms with E-state index >= 15 is 0 Å². The lowest BCUT2D eigenvalue weighted by Gasteiger charge is -2.21. The number of amides is 1. The first-order valence-corrected chi connectivity index (χ1v) is 8.06. The molecule has 1 atom stereocenters. The highest BCUT2D eigenvalue weighted by Gasteiger charge is 2.14. The van der Waals surface area contributed by atoms with Gasteiger partial charge in [-0.2, -0.15) is 5.10 Å².